The second kappa shape index (κ2) is 5.88. The Morgan fingerprint density at radius 2 is 1.95 bits per heavy atom. The van der Waals surface area contributed by atoms with Crippen molar-refractivity contribution >= 4 is 11.9 Å². The van der Waals surface area contributed by atoms with Gasteiger partial charge in [-0.3, -0.25) is 9.59 Å². The second-order valence-corrected chi connectivity index (χ2v) is 5.71. The van der Waals surface area contributed by atoms with E-state index < -0.39 is 11.5 Å². The lowest BCUT2D eigenvalue weighted by atomic mass is 9.78. The van der Waals surface area contributed by atoms with Crippen LogP contribution in [0.25, 0.3) is 0 Å². The summed E-state index contributed by atoms with van der Waals surface area (Å²) in [6, 6.07) is -0.287. The number of hydrogen-bond acceptors (Lipinski definition) is 4. The third-order valence-corrected chi connectivity index (χ3v) is 4.15. The summed E-state index contributed by atoms with van der Waals surface area (Å²) < 4.78 is 5.19. The lowest BCUT2D eigenvalue weighted by Gasteiger charge is -2.38. The van der Waals surface area contributed by atoms with Crippen LogP contribution in [0.2, 0.25) is 0 Å². The van der Waals surface area contributed by atoms with E-state index in [-0.39, 0.29) is 24.3 Å². The maximum absolute atomic E-state index is 12.2. The Morgan fingerprint density at radius 1 is 1.26 bits per heavy atom. The number of aliphatic carboxylic acids is 1. The van der Waals surface area contributed by atoms with E-state index in [0.29, 0.717) is 13.2 Å². The lowest BCUT2D eigenvalue weighted by molar-refractivity contribution is -0.140. The Kier molecular flexibility index (Phi) is 4.42. The molecule has 108 valence electrons. The van der Waals surface area contributed by atoms with E-state index in [4.69, 9.17) is 15.6 Å². The quantitative estimate of drug-likeness (QED) is 0.680. The number of nitrogens with two attached hydrogens (primary N) is 1. The van der Waals surface area contributed by atoms with Gasteiger partial charge in [-0.1, -0.05) is 19.3 Å². The van der Waals surface area contributed by atoms with Crippen molar-refractivity contribution in [3.05, 3.63) is 0 Å². The number of carboxylic acid groups (broad SMARTS) is 1. The SMILES string of the molecule is NC1COCC1C(=O)NC1(CC(=O)O)CCCCC1. The van der Waals surface area contributed by atoms with Gasteiger partial charge in [0.2, 0.25) is 5.91 Å². The Morgan fingerprint density at radius 3 is 2.47 bits per heavy atom. The first-order chi connectivity index (χ1) is 9.02. The van der Waals surface area contributed by atoms with Crippen LogP contribution >= 0.6 is 0 Å². The number of amides is 1. The Labute approximate surface area is 112 Å². The van der Waals surface area contributed by atoms with Crippen molar-refractivity contribution in [2.75, 3.05) is 13.2 Å². The van der Waals surface area contributed by atoms with E-state index in [0.717, 1.165) is 32.1 Å². The first kappa shape index (κ1) is 14.3. The molecule has 2 unspecified atom stereocenters. The molecule has 0 aromatic rings. The molecule has 2 atom stereocenters. The summed E-state index contributed by atoms with van der Waals surface area (Å²) in [6.07, 6.45) is 4.47. The van der Waals surface area contributed by atoms with Crippen LogP contribution in [0.3, 0.4) is 0 Å². The van der Waals surface area contributed by atoms with Crippen molar-refractivity contribution < 1.29 is 19.4 Å². The highest BCUT2D eigenvalue weighted by molar-refractivity contribution is 5.81. The standard InChI is InChI=1S/C13H22N2O4/c14-10-8-19-7-9(10)12(18)15-13(6-11(16)17)4-2-1-3-5-13/h9-10H,1-8,14H2,(H,15,18)(H,16,17). The maximum atomic E-state index is 12.2. The third kappa shape index (κ3) is 3.45. The van der Waals surface area contributed by atoms with E-state index >= 15 is 0 Å². The molecule has 19 heavy (non-hydrogen) atoms. The topological polar surface area (TPSA) is 102 Å². The molecule has 1 saturated heterocycles. The molecule has 0 spiro atoms. The highest BCUT2D eigenvalue weighted by atomic mass is 16.5. The summed E-state index contributed by atoms with van der Waals surface area (Å²) in [5, 5.41) is 12.0. The molecule has 1 aliphatic carbocycles. The van der Waals surface area contributed by atoms with E-state index in [1.165, 1.54) is 0 Å². The normalized spacial score (nSPS) is 29.9. The molecule has 2 rings (SSSR count). The van der Waals surface area contributed by atoms with Crippen molar-refractivity contribution in [3.8, 4) is 0 Å². The Bertz CT molecular complexity index is 353. The highest BCUT2D eigenvalue weighted by Crippen LogP contribution is 2.31. The minimum atomic E-state index is -0.867. The second-order valence-electron chi connectivity index (χ2n) is 5.71. The molecule has 1 aliphatic heterocycles. The van der Waals surface area contributed by atoms with Crippen molar-refractivity contribution in [3.63, 3.8) is 0 Å². The minimum Gasteiger partial charge on any atom is -0.481 e. The first-order valence-corrected chi connectivity index (χ1v) is 6.90. The van der Waals surface area contributed by atoms with Gasteiger partial charge in [0, 0.05) is 6.04 Å². The molecular formula is C13H22N2O4. The van der Waals surface area contributed by atoms with Gasteiger partial charge in [-0.15, -0.1) is 0 Å². The molecule has 2 aliphatic rings. The fourth-order valence-corrected chi connectivity index (χ4v) is 3.06. The highest BCUT2D eigenvalue weighted by Gasteiger charge is 2.39. The molecule has 2 fully saturated rings. The van der Waals surface area contributed by atoms with E-state index in [2.05, 4.69) is 5.32 Å². The Balaban J connectivity index is 2.02. The van der Waals surface area contributed by atoms with Gasteiger partial charge in [0.25, 0.3) is 0 Å². The molecule has 1 heterocycles. The van der Waals surface area contributed by atoms with E-state index in [1.54, 1.807) is 0 Å². The summed E-state index contributed by atoms with van der Waals surface area (Å²) in [4.78, 5) is 23.3. The molecule has 1 amide bonds. The molecule has 0 bridgehead atoms. The van der Waals surface area contributed by atoms with Gasteiger partial charge in [0.05, 0.1) is 31.1 Å². The number of ether oxygens (including phenoxy) is 1. The zero-order valence-corrected chi connectivity index (χ0v) is 11.1. The minimum absolute atomic E-state index is 0.0123. The summed E-state index contributed by atoms with van der Waals surface area (Å²) in [5.74, 6) is -1.38. The van der Waals surface area contributed by atoms with Crippen molar-refractivity contribution in [2.45, 2.75) is 50.1 Å². The van der Waals surface area contributed by atoms with Gasteiger partial charge < -0.3 is 20.9 Å². The largest absolute Gasteiger partial charge is 0.481 e. The lowest BCUT2D eigenvalue weighted by Crippen LogP contribution is -2.54. The average Bonchev–Trinajstić information content (AvgIpc) is 2.75. The predicted molar refractivity (Wildman–Crippen MR) is 68.5 cm³/mol. The number of carbonyl (C=O) groups excluding carboxylic acids is 1. The summed E-state index contributed by atoms with van der Waals surface area (Å²) >= 11 is 0. The maximum Gasteiger partial charge on any atom is 0.305 e. The summed E-state index contributed by atoms with van der Waals surface area (Å²) in [5.41, 5.74) is 5.23. The van der Waals surface area contributed by atoms with Gasteiger partial charge in [0.15, 0.2) is 0 Å². The summed E-state index contributed by atoms with van der Waals surface area (Å²) in [7, 11) is 0. The van der Waals surface area contributed by atoms with Crippen LogP contribution in [-0.2, 0) is 14.3 Å². The number of carbonyl (C=O) groups is 2. The van der Waals surface area contributed by atoms with Crippen molar-refractivity contribution in [1.29, 1.82) is 0 Å². The molecule has 0 aromatic heterocycles. The zero-order chi connectivity index (χ0) is 13.9. The van der Waals surface area contributed by atoms with Crippen molar-refractivity contribution in [2.24, 2.45) is 11.7 Å². The predicted octanol–water partition coefficient (Wildman–Crippen LogP) is 0.254. The first-order valence-electron chi connectivity index (χ1n) is 6.90. The number of nitrogens with one attached hydrogen (secondary N) is 1. The zero-order valence-electron chi connectivity index (χ0n) is 11.1. The van der Waals surface area contributed by atoms with Gasteiger partial charge >= 0.3 is 5.97 Å². The van der Waals surface area contributed by atoms with Gasteiger partial charge in [-0.05, 0) is 12.8 Å². The molecule has 1 saturated carbocycles. The number of hydrogen-bond donors (Lipinski definition) is 3. The molecule has 6 heteroatoms. The Hall–Kier alpha value is -1.14. The van der Waals surface area contributed by atoms with Crippen LogP contribution in [-0.4, -0.2) is 41.8 Å². The van der Waals surface area contributed by atoms with E-state index in [9.17, 15) is 9.59 Å². The van der Waals surface area contributed by atoms with Gasteiger partial charge in [0.1, 0.15) is 0 Å². The van der Waals surface area contributed by atoms with Gasteiger partial charge in [-0.25, -0.2) is 0 Å². The van der Waals surface area contributed by atoms with Crippen LogP contribution in [0, 0.1) is 5.92 Å². The fraction of sp³-hybridized carbons (Fsp3) is 0.846. The van der Waals surface area contributed by atoms with Crippen LogP contribution in [0.4, 0.5) is 0 Å². The fourth-order valence-electron chi connectivity index (χ4n) is 3.06. The monoisotopic (exact) mass is 270 g/mol. The molecule has 0 aromatic carbocycles. The van der Waals surface area contributed by atoms with Crippen molar-refractivity contribution in [1.82, 2.24) is 5.32 Å². The van der Waals surface area contributed by atoms with Gasteiger partial charge in [-0.2, -0.15) is 0 Å². The van der Waals surface area contributed by atoms with Crippen LogP contribution in [0.15, 0.2) is 0 Å². The van der Waals surface area contributed by atoms with Crippen LogP contribution in [0.1, 0.15) is 38.5 Å². The third-order valence-electron chi connectivity index (χ3n) is 4.15. The van der Waals surface area contributed by atoms with Crippen LogP contribution in [0.5, 0.6) is 0 Å². The molecule has 4 N–H and O–H groups in total. The molecular weight excluding hydrogens is 248 g/mol. The molecule has 0 radical (unpaired) electrons. The average molecular weight is 270 g/mol. The molecule has 6 nitrogen and oxygen atoms in total. The number of rotatable bonds is 4. The van der Waals surface area contributed by atoms with E-state index in [1.807, 2.05) is 0 Å². The van der Waals surface area contributed by atoms with Crippen LogP contribution < -0.4 is 11.1 Å². The number of carboxylic acids is 1. The smallest absolute Gasteiger partial charge is 0.305 e. The summed E-state index contributed by atoms with van der Waals surface area (Å²) in [6.45, 7) is 0.722.